The normalized spacial score (nSPS) is 52.1. The van der Waals surface area contributed by atoms with Crippen LogP contribution >= 0.6 is 0 Å². The van der Waals surface area contributed by atoms with Crippen LogP contribution in [0.15, 0.2) is 12.2 Å². The highest BCUT2D eigenvalue weighted by Gasteiger charge is 2.66. The van der Waals surface area contributed by atoms with Crippen LogP contribution in [0.4, 0.5) is 0 Å². The Morgan fingerprint density at radius 1 is 1.20 bits per heavy atom. The van der Waals surface area contributed by atoms with E-state index in [9.17, 15) is 15.0 Å². The van der Waals surface area contributed by atoms with Crippen LogP contribution in [0.5, 0.6) is 0 Å². The molecule has 0 heterocycles. The highest BCUT2D eigenvalue weighted by Crippen LogP contribution is 2.67. The van der Waals surface area contributed by atoms with Gasteiger partial charge in [0.25, 0.3) is 0 Å². The molecule has 25 heavy (non-hydrogen) atoms. The minimum Gasteiger partial charge on any atom is -0.389 e. The van der Waals surface area contributed by atoms with E-state index in [4.69, 9.17) is 6.42 Å². The summed E-state index contributed by atoms with van der Waals surface area (Å²) in [6, 6.07) is 0. The lowest BCUT2D eigenvalue weighted by Crippen LogP contribution is -2.59. The fourth-order valence-corrected chi connectivity index (χ4v) is 7.38. The van der Waals surface area contributed by atoms with E-state index in [0.717, 1.165) is 37.7 Å². The molecule has 0 aliphatic heterocycles. The van der Waals surface area contributed by atoms with Gasteiger partial charge in [-0.2, -0.15) is 0 Å². The van der Waals surface area contributed by atoms with Gasteiger partial charge in [-0.1, -0.05) is 25.0 Å². The van der Waals surface area contributed by atoms with Crippen LogP contribution < -0.4 is 0 Å². The molecule has 3 nitrogen and oxygen atoms in total. The summed E-state index contributed by atoms with van der Waals surface area (Å²) >= 11 is 0. The molecule has 0 saturated heterocycles. The van der Waals surface area contributed by atoms with E-state index in [1.54, 1.807) is 0 Å². The Labute approximate surface area is 150 Å². The predicted molar refractivity (Wildman–Crippen MR) is 96.5 cm³/mol. The number of terminal acetylenes is 1. The van der Waals surface area contributed by atoms with Crippen molar-refractivity contribution in [3.63, 3.8) is 0 Å². The van der Waals surface area contributed by atoms with Crippen LogP contribution in [0, 0.1) is 41.4 Å². The smallest absolute Gasteiger partial charge is 0.135 e. The number of hydrogen-bond acceptors (Lipinski definition) is 3. The Bertz CT molecular complexity index is 661. The molecule has 0 aromatic heterocycles. The SMILES string of the molecule is C#C[C@]1(O)CC[C@H]2[C@@H]3CCC4(O)CC(=O)CC[C@@H]4[C@H]3C(=C)C[C@@]21CC. The molecule has 4 fully saturated rings. The molecule has 0 radical (unpaired) electrons. The summed E-state index contributed by atoms with van der Waals surface area (Å²) in [4.78, 5) is 11.9. The summed E-state index contributed by atoms with van der Waals surface area (Å²) in [6.07, 6.45) is 12.3. The maximum absolute atomic E-state index is 11.9. The van der Waals surface area contributed by atoms with Crippen molar-refractivity contribution < 1.29 is 15.0 Å². The molecule has 4 aliphatic rings. The first-order valence-electron chi connectivity index (χ1n) is 9.92. The number of allylic oxidation sites excluding steroid dienone is 1. The van der Waals surface area contributed by atoms with Gasteiger partial charge in [-0.25, -0.2) is 0 Å². The number of rotatable bonds is 1. The van der Waals surface area contributed by atoms with E-state index in [1.807, 2.05) is 0 Å². The average Bonchev–Trinajstić information content (AvgIpc) is 2.87. The molecule has 4 saturated carbocycles. The third-order valence-electron chi connectivity index (χ3n) is 8.48. The summed E-state index contributed by atoms with van der Waals surface area (Å²) in [5.74, 6) is 4.19. The van der Waals surface area contributed by atoms with E-state index in [0.29, 0.717) is 37.5 Å². The molecule has 0 amide bonds. The van der Waals surface area contributed by atoms with Gasteiger partial charge in [0.2, 0.25) is 0 Å². The second-order valence-corrected chi connectivity index (χ2v) is 9.19. The molecule has 4 rings (SSSR count). The van der Waals surface area contributed by atoms with Crippen molar-refractivity contribution in [3.8, 4) is 12.3 Å². The summed E-state index contributed by atoms with van der Waals surface area (Å²) < 4.78 is 0. The number of fused-ring (bicyclic) bond motifs is 5. The minimum atomic E-state index is -1.03. The van der Waals surface area contributed by atoms with E-state index < -0.39 is 11.2 Å². The predicted octanol–water partition coefficient (Wildman–Crippen LogP) is 3.24. The van der Waals surface area contributed by atoms with Crippen molar-refractivity contribution >= 4 is 5.78 Å². The summed E-state index contributed by atoms with van der Waals surface area (Å²) in [5.41, 5.74) is -0.986. The van der Waals surface area contributed by atoms with Gasteiger partial charge in [-0.05, 0) is 68.6 Å². The van der Waals surface area contributed by atoms with Crippen molar-refractivity contribution in [2.24, 2.45) is 29.1 Å². The van der Waals surface area contributed by atoms with Crippen molar-refractivity contribution in [3.05, 3.63) is 12.2 Å². The summed E-state index contributed by atoms with van der Waals surface area (Å²) in [7, 11) is 0. The molecule has 7 atom stereocenters. The number of Topliss-reactive ketones (excluding diaryl/α,β-unsaturated/α-hetero) is 1. The van der Waals surface area contributed by atoms with Gasteiger partial charge in [-0.15, -0.1) is 6.42 Å². The number of carbonyl (C=O) groups is 1. The molecule has 1 unspecified atom stereocenters. The van der Waals surface area contributed by atoms with Crippen molar-refractivity contribution in [1.82, 2.24) is 0 Å². The molecule has 0 aromatic carbocycles. The fraction of sp³-hybridized carbons (Fsp3) is 0.773. The summed E-state index contributed by atoms with van der Waals surface area (Å²) in [6.45, 7) is 6.56. The topological polar surface area (TPSA) is 57.5 Å². The van der Waals surface area contributed by atoms with Gasteiger partial charge < -0.3 is 10.2 Å². The Kier molecular flexibility index (Phi) is 3.77. The Morgan fingerprint density at radius 2 is 1.96 bits per heavy atom. The van der Waals surface area contributed by atoms with E-state index in [1.165, 1.54) is 0 Å². The van der Waals surface area contributed by atoms with Gasteiger partial charge in [0.15, 0.2) is 0 Å². The van der Waals surface area contributed by atoms with Crippen molar-refractivity contribution in [2.75, 3.05) is 0 Å². The molecule has 136 valence electrons. The quantitative estimate of drug-likeness (QED) is 0.568. The lowest BCUT2D eigenvalue weighted by Gasteiger charge is -2.59. The van der Waals surface area contributed by atoms with Gasteiger partial charge in [0.1, 0.15) is 11.4 Å². The van der Waals surface area contributed by atoms with Gasteiger partial charge in [0.05, 0.1) is 5.60 Å². The highest BCUT2D eigenvalue weighted by atomic mass is 16.3. The minimum absolute atomic E-state index is 0.144. The van der Waals surface area contributed by atoms with Crippen molar-refractivity contribution in [1.29, 1.82) is 0 Å². The maximum atomic E-state index is 11.9. The molecule has 3 heteroatoms. The molecular formula is C22H30O3. The van der Waals surface area contributed by atoms with Crippen LogP contribution in [0.25, 0.3) is 0 Å². The van der Waals surface area contributed by atoms with E-state index in [-0.39, 0.29) is 23.0 Å². The van der Waals surface area contributed by atoms with Gasteiger partial charge >= 0.3 is 0 Å². The molecular weight excluding hydrogens is 312 g/mol. The largest absolute Gasteiger partial charge is 0.389 e. The molecule has 0 aromatic rings. The fourth-order valence-electron chi connectivity index (χ4n) is 7.38. The highest BCUT2D eigenvalue weighted by molar-refractivity contribution is 5.80. The first-order chi connectivity index (χ1) is 11.8. The Hall–Kier alpha value is -1.11. The molecule has 2 N–H and O–H groups in total. The zero-order valence-corrected chi connectivity index (χ0v) is 15.3. The number of hydrogen-bond donors (Lipinski definition) is 2. The molecule has 0 bridgehead atoms. The number of ketones is 1. The monoisotopic (exact) mass is 342 g/mol. The second-order valence-electron chi connectivity index (χ2n) is 9.19. The first-order valence-corrected chi connectivity index (χ1v) is 9.92. The van der Waals surface area contributed by atoms with Crippen LogP contribution in [-0.2, 0) is 4.79 Å². The van der Waals surface area contributed by atoms with Crippen LogP contribution in [0.3, 0.4) is 0 Å². The van der Waals surface area contributed by atoms with Crippen LogP contribution in [0.1, 0.15) is 64.7 Å². The maximum Gasteiger partial charge on any atom is 0.135 e. The van der Waals surface area contributed by atoms with Crippen LogP contribution in [0.2, 0.25) is 0 Å². The molecule has 0 spiro atoms. The number of carbonyl (C=O) groups excluding carboxylic acids is 1. The summed E-state index contributed by atoms with van der Waals surface area (Å²) in [5, 5.41) is 22.4. The lowest BCUT2D eigenvalue weighted by atomic mass is 9.46. The zero-order valence-electron chi connectivity index (χ0n) is 15.3. The molecule has 4 aliphatic carbocycles. The third kappa shape index (κ3) is 2.10. The average molecular weight is 342 g/mol. The zero-order chi connectivity index (χ0) is 18.0. The Balaban J connectivity index is 1.73. The standard InChI is InChI=1S/C22H30O3/c1-4-20-12-14(3)19-16(17(20)9-11-22(20,25)5-2)8-10-21(24)13-15(23)6-7-18(19)21/h2,16-19,24-25H,3-4,6-13H2,1H3/t16-,17-,18+,19-,20-,21?,22-/m0/s1. The van der Waals surface area contributed by atoms with E-state index >= 15 is 0 Å². The third-order valence-corrected chi connectivity index (χ3v) is 8.48. The lowest BCUT2D eigenvalue weighted by molar-refractivity contribution is -0.159. The van der Waals surface area contributed by atoms with Crippen LogP contribution in [-0.4, -0.2) is 27.2 Å². The van der Waals surface area contributed by atoms with Gasteiger partial charge in [0, 0.05) is 18.3 Å². The Morgan fingerprint density at radius 3 is 2.64 bits per heavy atom. The van der Waals surface area contributed by atoms with Gasteiger partial charge in [-0.3, -0.25) is 4.79 Å². The second kappa shape index (κ2) is 5.44. The van der Waals surface area contributed by atoms with E-state index in [2.05, 4.69) is 19.4 Å². The number of aliphatic hydroxyl groups is 2. The first kappa shape index (κ1) is 17.3. The van der Waals surface area contributed by atoms with Crippen molar-refractivity contribution in [2.45, 2.75) is 75.9 Å².